The number of quaternary nitrogens is 1. The SMILES string of the molecule is CC[NH+](CC)CC.COc1ccc(C2=C(/C=C/c3sc4ccccc4[n+]3CCCS(=O)(=O)[O-])CC(C)C/C2=C\C=C2/Sc3ccccc3N2CCCS(=O)(=O)[O-])cc1. The zero-order valence-corrected chi connectivity index (χ0v) is 37.2. The van der Waals surface area contributed by atoms with Crippen LogP contribution in [0.1, 0.15) is 63.9 Å². The fraction of sp³-hybridized carbons (Fsp3) is 0.386. The fourth-order valence-corrected chi connectivity index (χ4v) is 10.5. The number of para-hydroxylation sites is 2. The first kappa shape index (κ1) is 45.3. The molecule has 2 aliphatic rings. The Bertz CT molecular complexity index is 2360. The molecule has 1 unspecified atom stereocenters. The topological polar surface area (TPSA) is 135 Å². The second kappa shape index (κ2) is 21.0. The van der Waals surface area contributed by atoms with Crippen LogP contribution in [0.15, 0.2) is 112 Å². The summed E-state index contributed by atoms with van der Waals surface area (Å²) in [6.45, 7) is 13.5. The number of hydrogen-bond acceptors (Lipinski definition) is 10. The Morgan fingerprint density at radius 3 is 2.16 bits per heavy atom. The summed E-state index contributed by atoms with van der Waals surface area (Å²) in [6.07, 6.45) is 10.7. The summed E-state index contributed by atoms with van der Waals surface area (Å²) in [7, 11) is -6.99. The van der Waals surface area contributed by atoms with Crippen LogP contribution >= 0.6 is 23.1 Å². The molecule has 2 heterocycles. The minimum absolute atomic E-state index is 0.224. The van der Waals surface area contributed by atoms with Crippen LogP contribution in [0.3, 0.4) is 0 Å². The van der Waals surface area contributed by atoms with Gasteiger partial charge in [0.15, 0.2) is 6.54 Å². The minimum atomic E-state index is -4.32. The number of aromatic nitrogens is 1. The summed E-state index contributed by atoms with van der Waals surface area (Å²) in [5, 5.41) is 1.92. The quantitative estimate of drug-likeness (QED) is 0.0912. The minimum Gasteiger partial charge on any atom is -0.748 e. The molecule has 6 rings (SSSR count). The molecule has 1 atom stereocenters. The van der Waals surface area contributed by atoms with Crippen molar-refractivity contribution in [1.82, 2.24) is 0 Å². The molecule has 0 amide bonds. The van der Waals surface area contributed by atoms with E-state index >= 15 is 0 Å². The molecule has 1 aromatic heterocycles. The van der Waals surface area contributed by atoms with Gasteiger partial charge in [0, 0.05) is 41.5 Å². The van der Waals surface area contributed by atoms with Crippen LogP contribution in [-0.4, -0.2) is 70.7 Å². The molecule has 0 saturated heterocycles. The van der Waals surface area contributed by atoms with E-state index in [-0.39, 0.29) is 12.8 Å². The van der Waals surface area contributed by atoms with Crippen molar-refractivity contribution in [1.29, 1.82) is 0 Å². The molecule has 14 heteroatoms. The lowest BCUT2D eigenvalue weighted by Gasteiger charge is -2.27. The van der Waals surface area contributed by atoms with Crippen molar-refractivity contribution >= 4 is 70.9 Å². The lowest BCUT2D eigenvalue weighted by atomic mass is 9.78. The van der Waals surface area contributed by atoms with Crippen LogP contribution < -0.4 is 19.1 Å². The molecule has 0 bridgehead atoms. The van der Waals surface area contributed by atoms with Gasteiger partial charge in [-0.2, -0.15) is 4.57 Å². The molecule has 1 N–H and O–H groups in total. The van der Waals surface area contributed by atoms with E-state index in [2.05, 4.69) is 73.6 Å². The van der Waals surface area contributed by atoms with E-state index in [0.29, 0.717) is 19.0 Å². The zero-order valence-electron chi connectivity index (χ0n) is 34.0. The van der Waals surface area contributed by atoms with Gasteiger partial charge >= 0.3 is 0 Å². The second-order valence-corrected chi connectivity index (χ2v) is 19.7. The number of thioether (sulfide) groups is 1. The number of ether oxygens (including phenoxy) is 1. The van der Waals surface area contributed by atoms with E-state index in [0.717, 1.165) is 71.7 Å². The predicted octanol–water partition coefficient (Wildman–Crippen LogP) is 7.28. The highest BCUT2D eigenvalue weighted by molar-refractivity contribution is 8.03. The van der Waals surface area contributed by atoms with E-state index in [1.165, 1.54) is 19.6 Å². The highest BCUT2D eigenvalue weighted by Gasteiger charge is 2.26. The maximum Gasteiger partial charge on any atom is 0.262 e. The van der Waals surface area contributed by atoms with Crippen LogP contribution in [-0.2, 0) is 26.8 Å². The molecule has 0 spiro atoms. The number of allylic oxidation sites excluding steroid dienone is 6. The van der Waals surface area contributed by atoms with Crippen LogP contribution in [0.2, 0.25) is 0 Å². The van der Waals surface area contributed by atoms with Gasteiger partial charge < -0.3 is 23.6 Å². The van der Waals surface area contributed by atoms with Crippen molar-refractivity contribution in [3.63, 3.8) is 0 Å². The Labute approximate surface area is 353 Å². The standard InChI is InChI=1S/C38H40N2O7S4.C6H15N/c1-27-25-29(15-19-36-39(21-7-23-50(41,42)43)32-9-3-5-11-34(32)48-36)38(28-13-17-31(47-2)18-14-28)30(26-27)16-20-37-40(22-8-24-51(44,45)46)33-10-4-6-12-35(33)49-37;1-4-7(5-2)6-3/h3-6,9-20,27H,7-8,21-26H2,1-2H3,(H-,41,42,43,44,45,46);4-6H2,1-3H3. The Balaban J connectivity index is 0.000000839. The highest BCUT2D eigenvalue weighted by atomic mass is 32.2. The molecule has 10 nitrogen and oxygen atoms in total. The van der Waals surface area contributed by atoms with Crippen LogP contribution in [0, 0.1) is 5.92 Å². The Hall–Kier alpha value is -3.76. The number of thiazole rings is 1. The summed E-state index contributed by atoms with van der Waals surface area (Å²) in [5.41, 5.74) is 6.48. The molecule has 312 valence electrons. The van der Waals surface area contributed by atoms with Crippen molar-refractivity contribution in [3.8, 4) is 5.75 Å². The number of rotatable bonds is 16. The molecule has 1 aliphatic heterocycles. The van der Waals surface area contributed by atoms with Gasteiger partial charge in [0.1, 0.15) is 10.4 Å². The number of fused-ring (bicyclic) bond motifs is 2. The summed E-state index contributed by atoms with van der Waals surface area (Å²) in [4.78, 5) is 4.84. The van der Waals surface area contributed by atoms with E-state index in [1.807, 2.05) is 60.7 Å². The van der Waals surface area contributed by atoms with E-state index in [4.69, 9.17) is 4.74 Å². The summed E-state index contributed by atoms with van der Waals surface area (Å²) >= 11 is 3.25. The van der Waals surface area contributed by atoms with E-state index < -0.39 is 31.7 Å². The first-order valence-corrected chi connectivity index (χ1v) is 24.7. The van der Waals surface area contributed by atoms with Crippen LogP contribution in [0.25, 0.3) is 21.9 Å². The molecule has 0 radical (unpaired) electrons. The number of methoxy groups -OCH3 is 1. The van der Waals surface area contributed by atoms with Crippen molar-refractivity contribution in [3.05, 3.63) is 118 Å². The second-order valence-electron chi connectivity index (χ2n) is 14.5. The molecular formula is C44H55N3O7S4. The number of nitrogens with one attached hydrogen (secondary N) is 1. The molecular weight excluding hydrogens is 811 g/mol. The summed E-state index contributed by atoms with van der Waals surface area (Å²) in [6, 6.07) is 24.0. The molecule has 0 saturated carbocycles. The van der Waals surface area contributed by atoms with Gasteiger partial charge in [0.25, 0.3) is 5.01 Å². The van der Waals surface area contributed by atoms with Crippen molar-refractivity contribution < 1.29 is 40.1 Å². The lowest BCUT2D eigenvalue weighted by Crippen LogP contribution is -3.11. The average Bonchev–Trinajstić information content (AvgIpc) is 3.73. The Morgan fingerprint density at radius 2 is 1.50 bits per heavy atom. The van der Waals surface area contributed by atoms with Crippen molar-refractivity contribution in [2.75, 3.05) is 49.7 Å². The summed E-state index contributed by atoms with van der Waals surface area (Å²) in [5.74, 6) is 0.273. The predicted molar refractivity (Wildman–Crippen MR) is 236 cm³/mol. The van der Waals surface area contributed by atoms with Crippen molar-refractivity contribution in [2.24, 2.45) is 5.92 Å². The highest BCUT2D eigenvalue weighted by Crippen LogP contribution is 2.47. The van der Waals surface area contributed by atoms with Crippen LogP contribution in [0.4, 0.5) is 5.69 Å². The summed E-state index contributed by atoms with van der Waals surface area (Å²) < 4.78 is 76.8. The molecule has 4 aromatic rings. The third kappa shape index (κ3) is 12.6. The zero-order chi connectivity index (χ0) is 41.9. The molecule has 58 heavy (non-hydrogen) atoms. The number of nitrogens with zero attached hydrogens (tertiary/aromatic N) is 2. The monoisotopic (exact) mass is 865 g/mol. The third-order valence-corrected chi connectivity index (χ3v) is 14.2. The first-order chi connectivity index (χ1) is 27.7. The van der Waals surface area contributed by atoms with Gasteiger partial charge in [0.05, 0.1) is 57.7 Å². The number of hydrogen-bond donors (Lipinski definition) is 1. The third-order valence-electron chi connectivity index (χ3n) is 10.3. The molecule has 3 aromatic carbocycles. The first-order valence-electron chi connectivity index (χ1n) is 19.9. The number of benzene rings is 3. The maximum absolute atomic E-state index is 11.4. The van der Waals surface area contributed by atoms with E-state index in [1.54, 1.807) is 35.1 Å². The van der Waals surface area contributed by atoms with Gasteiger partial charge in [-0.3, -0.25) is 0 Å². The lowest BCUT2D eigenvalue weighted by molar-refractivity contribution is -0.894. The van der Waals surface area contributed by atoms with Crippen molar-refractivity contribution in [2.45, 2.75) is 64.8 Å². The van der Waals surface area contributed by atoms with Gasteiger partial charge in [0.2, 0.25) is 5.52 Å². The fourth-order valence-electron chi connectivity index (χ4n) is 7.37. The maximum atomic E-state index is 11.4. The Kier molecular flexibility index (Phi) is 16.4. The van der Waals surface area contributed by atoms with Gasteiger partial charge in [-0.15, -0.1) is 0 Å². The molecule has 1 aliphatic carbocycles. The van der Waals surface area contributed by atoms with Gasteiger partial charge in [-0.05, 0) is 105 Å². The van der Waals surface area contributed by atoms with Gasteiger partial charge in [-0.25, -0.2) is 16.8 Å². The Morgan fingerprint density at radius 1 is 0.845 bits per heavy atom. The van der Waals surface area contributed by atoms with Crippen LogP contribution in [0.5, 0.6) is 5.75 Å². The molecule has 0 fully saturated rings. The normalized spacial score (nSPS) is 17.4. The van der Waals surface area contributed by atoms with E-state index in [9.17, 15) is 25.9 Å². The average molecular weight is 866 g/mol. The smallest absolute Gasteiger partial charge is 0.262 e. The van der Waals surface area contributed by atoms with Gasteiger partial charge in [-0.1, -0.05) is 78.6 Å². The number of anilines is 1. The number of aryl methyl sites for hydroxylation is 1. The largest absolute Gasteiger partial charge is 0.748 e.